The summed E-state index contributed by atoms with van der Waals surface area (Å²) >= 11 is 1.54. The van der Waals surface area contributed by atoms with E-state index in [4.69, 9.17) is 5.73 Å². The Morgan fingerprint density at radius 1 is 1.54 bits per heavy atom. The normalized spacial score (nSPS) is 10.6. The van der Waals surface area contributed by atoms with Crippen molar-refractivity contribution in [2.45, 2.75) is 6.92 Å². The van der Waals surface area contributed by atoms with E-state index >= 15 is 0 Å². The van der Waals surface area contributed by atoms with Crippen molar-refractivity contribution >= 4 is 16.3 Å². The number of hydrogen-bond donors (Lipinski definition) is 1. The first-order valence-electron chi connectivity index (χ1n) is 3.89. The van der Waals surface area contributed by atoms with Crippen molar-refractivity contribution in [2.75, 3.05) is 5.73 Å². The van der Waals surface area contributed by atoms with Gasteiger partial charge in [-0.15, -0.1) is 11.3 Å². The second kappa shape index (κ2) is 2.85. The molecule has 0 saturated heterocycles. The maximum absolute atomic E-state index is 5.70. The van der Waals surface area contributed by atoms with E-state index in [1.807, 2.05) is 20.0 Å². The van der Waals surface area contributed by atoms with Gasteiger partial charge in [-0.1, -0.05) is 0 Å². The van der Waals surface area contributed by atoms with Gasteiger partial charge in [-0.2, -0.15) is 5.10 Å². The number of aryl methyl sites for hydroxylation is 2. The molecule has 2 rings (SSSR count). The molecule has 0 fully saturated rings. The highest BCUT2D eigenvalue weighted by atomic mass is 32.1. The van der Waals surface area contributed by atoms with E-state index in [1.165, 1.54) is 0 Å². The van der Waals surface area contributed by atoms with E-state index in [2.05, 4.69) is 10.1 Å². The SMILES string of the molecule is Cc1cc(N)sc1-c1ncnn1C. The van der Waals surface area contributed by atoms with Crippen LogP contribution in [0.5, 0.6) is 0 Å². The van der Waals surface area contributed by atoms with Crippen LogP contribution in [0.3, 0.4) is 0 Å². The van der Waals surface area contributed by atoms with Crippen molar-refractivity contribution < 1.29 is 0 Å². The molecule has 0 aliphatic heterocycles. The van der Waals surface area contributed by atoms with Crippen LogP contribution in [0, 0.1) is 6.92 Å². The molecule has 0 spiro atoms. The van der Waals surface area contributed by atoms with Gasteiger partial charge in [-0.3, -0.25) is 0 Å². The fourth-order valence-electron chi connectivity index (χ4n) is 1.23. The fraction of sp³-hybridized carbons (Fsp3) is 0.250. The summed E-state index contributed by atoms with van der Waals surface area (Å²) in [5.41, 5.74) is 6.85. The Morgan fingerprint density at radius 2 is 2.31 bits per heavy atom. The van der Waals surface area contributed by atoms with Crippen LogP contribution in [-0.2, 0) is 7.05 Å². The minimum absolute atomic E-state index is 0.815. The summed E-state index contributed by atoms with van der Waals surface area (Å²) in [6.07, 6.45) is 1.55. The van der Waals surface area contributed by atoms with Crippen LogP contribution in [-0.4, -0.2) is 14.8 Å². The van der Waals surface area contributed by atoms with Crippen molar-refractivity contribution in [3.05, 3.63) is 18.0 Å². The van der Waals surface area contributed by atoms with Crippen LogP contribution in [0.2, 0.25) is 0 Å². The van der Waals surface area contributed by atoms with Gasteiger partial charge in [-0.25, -0.2) is 9.67 Å². The van der Waals surface area contributed by atoms with Gasteiger partial charge < -0.3 is 5.73 Å². The topological polar surface area (TPSA) is 56.7 Å². The predicted molar refractivity (Wildman–Crippen MR) is 53.5 cm³/mol. The van der Waals surface area contributed by atoms with Crippen LogP contribution >= 0.6 is 11.3 Å². The molecule has 0 unspecified atom stereocenters. The second-order valence-electron chi connectivity index (χ2n) is 2.87. The summed E-state index contributed by atoms with van der Waals surface area (Å²) < 4.78 is 1.75. The number of anilines is 1. The molecule has 0 radical (unpaired) electrons. The first kappa shape index (κ1) is 8.25. The molecule has 2 aromatic heterocycles. The Bertz CT molecular complexity index is 429. The van der Waals surface area contributed by atoms with E-state index in [0.29, 0.717) is 0 Å². The summed E-state index contributed by atoms with van der Waals surface area (Å²) in [6, 6.07) is 1.95. The zero-order valence-electron chi connectivity index (χ0n) is 7.48. The number of nitrogens with zero attached hydrogens (tertiary/aromatic N) is 3. The van der Waals surface area contributed by atoms with Crippen molar-refractivity contribution in [3.63, 3.8) is 0 Å². The lowest BCUT2D eigenvalue weighted by atomic mass is 10.3. The summed E-state index contributed by atoms with van der Waals surface area (Å²) in [5.74, 6) is 0.874. The van der Waals surface area contributed by atoms with Gasteiger partial charge in [-0.05, 0) is 18.6 Å². The van der Waals surface area contributed by atoms with Crippen LogP contribution in [0.25, 0.3) is 10.7 Å². The van der Waals surface area contributed by atoms with E-state index in [-0.39, 0.29) is 0 Å². The average Bonchev–Trinajstić information content (AvgIpc) is 2.58. The number of thiophene rings is 1. The van der Waals surface area contributed by atoms with Gasteiger partial charge in [0.1, 0.15) is 6.33 Å². The zero-order chi connectivity index (χ0) is 9.42. The van der Waals surface area contributed by atoms with Gasteiger partial charge in [0.05, 0.1) is 9.88 Å². The fourth-order valence-corrected chi connectivity index (χ4v) is 2.20. The highest BCUT2D eigenvalue weighted by molar-refractivity contribution is 7.19. The third-order valence-corrected chi connectivity index (χ3v) is 2.91. The molecule has 0 aromatic carbocycles. The molecular weight excluding hydrogens is 184 g/mol. The molecule has 2 aromatic rings. The second-order valence-corrected chi connectivity index (χ2v) is 3.95. The quantitative estimate of drug-likeness (QED) is 0.747. The standard InChI is InChI=1S/C8H10N4S/c1-5-3-6(9)13-7(5)8-10-4-11-12(8)2/h3-4H,9H2,1-2H3. The van der Waals surface area contributed by atoms with Gasteiger partial charge in [0, 0.05) is 7.05 Å². The first-order chi connectivity index (χ1) is 6.18. The molecule has 0 atom stereocenters. The molecule has 4 nitrogen and oxygen atoms in total. The monoisotopic (exact) mass is 194 g/mol. The van der Waals surface area contributed by atoms with E-state index in [1.54, 1.807) is 22.3 Å². The Morgan fingerprint density at radius 3 is 2.77 bits per heavy atom. The summed E-state index contributed by atoms with van der Waals surface area (Å²) in [5, 5.41) is 4.83. The smallest absolute Gasteiger partial charge is 0.168 e. The van der Waals surface area contributed by atoms with Crippen LogP contribution < -0.4 is 5.73 Å². The third-order valence-electron chi connectivity index (χ3n) is 1.85. The molecule has 5 heteroatoms. The Balaban J connectivity index is 2.58. The van der Waals surface area contributed by atoms with Gasteiger partial charge in [0.2, 0.25) is 0 Å². The number of nitrogens with two attached hydrogens (primary N) is 1. The summed E-state index contributed by atoms with van der Waals surface area (Å²) in [6.45, 7) is 2.02. The summed E-state index contributed by atoms with van der Waals surface area (Å²) in [4.78, 5) is 5.26. The molecule has 0 amide bonds. The lowest BCUT2D eigenvalue weighted by Crippen LogP contribution is -1.93. The van der Waals surface area contributed by atoms with Crippen molar-refractivity contribution in [1.82, 2.24) is 14.8 Å². The Labute approximate surface area is 80.0 Å². The number of nitrogen functional groups attached to an aromatic ring is 1. The molecule has 0 bridgehead atoms. The minimum atomic E-state index is 0.815. The van der Waals surface area contributed by atoms with Crippen LogP contribution in [0.4, 0.5) is 5.00 Å². The lowest BCUT2D eigenvalue weighted by molar-refractivity contribution is 0.775. The Hall–Kier alpha value is -1.36. The zero-order valence-corrected chi connectivity index (χ0v) is 8.30. The van der Waals surface area contributed by atoms with E-state index < -0.39 is 0 Å². The van der Waals surface area contributed by atoms with E-state index in [0.717, 1.165) is 21.3 Å². The molecule has 0 saturated carbocycles. The summed E-state index contributed by atoms with van der Waals surface area (Å²) in [7, 11) is 1.87. The molecular formula is C8H10N4S. The first-order valence-corrected chi connectivity index (χ1v) is 4.70. The van der Waals surface area contributed by atoms with Crippen molar-refractivity contribution in [1.29, 1.82) is 0 Å². The average molecular weight is 194 g/mol. The maximum Gasteiger partial charge on any atom is 0.168 e. The number of rotatable bonds is 1. The predicted octanol–water partition coefficient (Wildman–Crippen LogP) is 1.43. The van der Waals surface area contributed by atoms with Crippen molar-refractivity contribution in [2.24, 2.45) is 7.05 Å². The molecule has 2 heterocycles. The van der Waals surface area contributed by atoms with Crippen LogP contribution in [0.15, 0.2) is 12.4 Å². The van der Waals surface area contributed by atoms with Gasteiger partial charge >= 0.3 is 0 Å². The minimum Gasteiger partial charge on any atom is -0.391 e. The number of aromatic nitrogens is 3. The highest BCUT2D eigenvalue weighted by Gasteiger charge is 2.10. The molecule has 2 N–H and O–H groups in total. The van der Waals surface area contributed by atoms with Gasteiger partial charge in [0.25, 0.3) is 0 Å². The lowest BCUT2D eigenvalue weighted by Gasteiger charge is -1.96. The largest absolute Gasteiger partial charge is 0.391 e. The molecule has 68 valence electrons. The molecule has 13 heavy (non-hydrogen) atoms. The Kier molecular flexibility index (Phi) is 1.81. The molecule has 0 aliphatic carbocycles. The van der Waals surface area contributed by atoms with Crippen molar-refractivity contribution in [3.8, 4) is 10.7 Å². The van der Waals surface area contributed by atoms with Gasteiger partial charge in [0.15, 0.2) is 5.82 Å². The third kappa shape index (κ3) is 1.31. The molecule has 0 aliphatic rings. The number of hydrogen-bond acceptors (Lipinski definition) is 4. The van der Waals surface area contributed by atoms with E-state index in [9.17, 15) is 0 Å². The highest BCUT2D eigenvalue weighted by Crippen LogP contribution is 2.31. The maximum atomic E-state index is 5.70. The van der Waals surface area contributed by atoms with Crippen LogP contribution in [0.1, 0.15) is 5.56 Å².